The Hall–Kier alpha value is -4.51. The minimum absolute atomic E-state index is 0.00310. The van der Waals surface area contributed by atoms with Crippen LogP contribution < -0.4 is 31.6 Å². The van der Waals surface area contributed by atoms with Crippen LogP contribution in [0, 0.1) is 5.41 Å². The Morgan fingerprint density at radius 1 is 1.08 bits per heavy atom. The van der Waals surface area contributed by atoms with Crippen molar-refractivity contribution < 1.29 is 49.3 Å². The summed E-state index contributed by atoms with van der Waals surface area (Å²) in [5.41, 5.74) is 13.2. The molecule has 2 aromatic carbocycles. The zero-order valence-corrected chi connectivity index (χ0v) is 27.8. The molecule has 15 heteroatoms. The van der Waals surface area contributed by atoms with Crippen molar-refractivity contribution in [2.24, 2.45) is 21.9 Å². The highest BCUT2D eigenvalue weighted by Gasteiger charge is 2.46. The molecule has 0 radical (unpaired) electrons. The number of phenolic OH excluding ortho intramolecular Hbond substituents is 1. The summed E-state index contributed by atoms with van der Waals surface area (Å²) < 4.78 is 16.8. The number of nitrogens with zero attached hydrogens (tertiary/aromatic N) is 1. The zero-order chi connectivity index (χ0) is 35.9. The summed E-state index contributed by atoms with van der Waals surface area (Å²) in [5, 5.41) is 59.0. The Morgan fingerprint density at radius 2 is 1.80 bits per heavy atom. The molecule has 0 aromatic heterocycles. The molecule has 6 atom stereocenters. The number of nitrogens with one attached hydrogen (secondary N) is 2. The highest BCUT2D eigenvalue weighted by Crippen LogP contribution is 2.50. The van der Waals surface area contributed by atoms with E-state index in [4.69, 9.17) is 25.7 Å². The topological polar surface area (TPSA) is 251 Å². The number of allylic oxidation sites excluding steroid dienone is 2. The maximum absolute atomic E-state index is 14.4. The number of guanidine groups is 1. The first-order chi connectivity index (χ1) is 23.9. The van der Waals surface area contributed by atoms with Crippen LogP contribution in [0.5, 0.6) is 17.2 Å². The lowest BCUT2D eigenvalue weighted by Gasteiger charge is -2.40. The van der Waals surface area contributed by atoms with E-state index in [0.717, 1.165) is 31.3 Å². The van der Waals surface area contributed by atoms with Gasteiger partial charge in [0.15, 0.2) is 11.7 Å². The van der Waals surface area contributed by atoms with Crippen molar-refractivity contribution in [1.82, 2.24) is 10.6 Å². The molecule has 1 saturated carbocycles. The third kappa shape index (κ3) is 6.20. The van der Waals surface area contributed by atoms with E-state index in [9.17, 15) is 35.1 Å². The normalized spacial score (nSPS) is 27.3. The Kier molecular flexibility index (Phi) is 9.90. The van der Waals surface area contributed by atoms with Gasteiger partial charge in [-0.3, -0.25) is 14.6 Å². The number of dihydropyridines is 1. The van der Waals surface area contributed by atoms with E-state index in [2.05, 4.69) is 15.6 Å². The van der Waals surface area contributed by atoms with Crippen molar-refractivity contribution in [3.8, 4) is 17.2 Å². The quantitative estimate of drug-likeness (QED) is 0.104. The van der Waals surface area contributed by atoms with Gasteiger partial charge in [0.05, 0.1) is 31.0 Å². The lowest BCUT2D eigenvalue weighted by molar-refractivity contribution is -0.277. The molecule has 11 N–H and O–H groups in total. The molecule has 4 aliphatic rings. The van der Waals surface area contributed by atoms with Gasteiger partial charge in [0.1, 0.15) is 41.7 Å². The van der Waals surface area contributed by atoms with E-state index in [1.165, 1.54) is 26.3 Å². The fraction of sp³-hybridized carbons (Fsp3) is 0.457. The van der Waals surface area contributed by atoms with Gasteiger partial charge in [-0.2, -0.15) is 0 Å². The van der Waals surface area contributed by atoms with Gasteiger partial charge >= 0.3 is 0 Å². The number of carbonyl (C=O) groups excluding carboxylic acids is 2. The van der Waals surface area contributed by atoms with Gasteiger partial charge in [-0.1, -0.05) is 18.9 Å². The number of carbonyl (C=O) groups is 2. The van der Waals surface area contributed by atoms with Crippen LogP contribution in [0.3, 0.4) is 0 Å². The van der Waals surface area contributed by atoms with Crippen LogP contribution in [0.1, 0.15) is 68.7 Å². The van der Waals surface area contributed by atoms with Crippen molar-refractivity contribution in [2.45, 2.75) is 75.5 Å². The van der Waals surface area contributed by atoms with Gasteiger partial charge in [0.25, 0.3) is 0 Å². The van der Waals surface area contributed by atoms with E-state index in [1.807, 2.05) is 18.4 Å². The summed E-state index contributed by atoms with van der Waals surface area (Å²) >= 11 is 0. The maximum atomic E-state index is 14.4. The van der Waals surface area contributed by atoms with E-state index >= 15 is 0 Å². The number of hydrogen-bond acceptors (Lipinski definition) is 13. The fourth-order valence-corrected chi connectivity index (χ4v) is 7.37. The molecule has 0 spiro atoms. The lowest BCUT2D eigenvalue weighted by atomic mass is 9.71. The molecule has 1 saturated heterocycles. The van der Waals surface area contributed by atoms with Crippen LogP contribution in [0.2, 0.25) is 0 Å². The molecule has 50 heavy (non-hydrogen) atoms. The average Bonchev–Trinajstić information content (AvgIpc) is 3.59. The number of ether oxygens (including phenoxy) is 3. The SMILES string of the molecule is CN=C(N)NCc1c(CC2(C3=CNC(N)C=C3)CCCC2)cc2c(c1O)C(=O)c1c(OC3OC(CO)C(O)C(O)C3O)cc(OC)cc1C2=O. The first-order valence-corrected chi connectivity index (χ1v) is 16.5. The van der Waals surface area contributed by atoms with E-state index in [1.54, 1.807) is 6.07 Å². The van der Waals surface area contributed by atoms with Gasteiger partial charge in [0, 0.05) is 48.0 Å². The van der Waals surface area contributed by atoms with Gasteiger partial charge in [-0.15, -0.1) is 0 Å². The van der Waals surface area contributed by atoms with Gasteiger partial charge < -0.3 is 61.8 Å². The van der Waals surface area contributed by atoms with Crippen molar-refractivity contribution in [2.75, 3.05) is 20.8 Å². The van der Waals surface area contributed by atoms with E-state index in [-0.39, 0.29) is 57.8 Å². The number of hydrogen-bond donors (Lipinski definition) is 9. The number of methoxy groups -OCH3 is 1. The molecule has 2 aliphatic heterocycles. The number of aliphatic hydroxyl groups excluding tert-OH is 4. The molecule has 2 aliphatic carbocycles. The smallest absolute Gasteiger partial charge is 0.229 e. The molecule has 6 unspecified atom stereocenters. The molecule has 2 fully saturated rings. The number of aromatic hydroxyl groups is 1. The number of rotatable bonds is 9. The average molecular weight is 694 g/mol. The lowest BCUT2D eigenvalue weighted by Crippen LogP contribution is -2.60. The second-order valence-electron chi connectivity index (χ2n) is 13.1. The third-order valence-electron chi connectivity index (χ3n) is 10.1. The maximum Gasteiger partial charge on any atom is 0.229 e. The Bertz CT molecular complexity index is 1770. The predicted molar refractivity (Wildman–Crippen MR) is 180 cm³/mol. The Morgan fingerprint density at radius 3 is 2.44 bits per heavy atom. The molecule has 2 aromatic rings. The number of phenols is 1. The number of ketones is 2. The standard InChI is InChI=1S/C35H43N5O10/c1-38-34(37)40-14-21-16(12-35(7-3-4-8-35)17-5-6-24(36)39-13-17)9-19-26(28(21)43)30(45)25-20(27(19)42)10-18(48-2)11-22(25)49-33-32(47)31(46)29(44)23(15-41)50-33/h5-6,9-11,13,23-24,29,31-33,39,41,43-44,46-47H,3-4,7-8,12,14-15,36H2,1-2H3,(H3,37,38,40). The number of nitrogens with two attached hydrogens (primary N) is 2. The molecular formula is C35H43N5O10. The van der Waals surface area contributed by atoms with Crippen LogP contribution in [0.4, 0.5) is 0 Å². The van der Waals surface area contributed by atoms with Gasteiger partial charge in [-0.05, 0) is 48.6 Å². The first-order valence-electron chi connectivity index (χ1n) is 16.5. The van der Waals surface area contributed by atoms with Crippen molar-refractivity contribution in [3.63, 3.8) is 0 Å². The fourth-order valence-electron chi connectivity index (χ4n) is 7.37. The van der Waals surface area contributed by atoms with E-state index in [0.29, 0.717) is 17.5 Å². The zero-order valence-electron chi connectivity index (χ0n) is 27.8. The summed E-state index contributed by atoms with van der Waals surface area (Å²) in [6.07, 6.45) is 1.50. The van der Waals surface area contributed by atoms with Gasteiger partial charge in [-0.25, -0.2) is 0 Å². The van der Waals surface area contributed by atoms with Crippen LogP contribution in [0.15, 0.2) is 47.1 Å². The molecular weight excluding hydrogens is 650 g/mol. The minimum Gasteiger partial charge on any atom is -0.507 e. The van der Waals surface area contributed by atoms with Crippen LogP contribution in [-0.4, -0.2) is 101 Å². The first kappa shape index (κ1) is 35.3. The molecule has 6 rings (SSSR count). The van der Waals surface area contributed by atoms with Crippen LogP contribution in [-0.2, 0) is 17.7 Å². The summed E-state index contributed by atoms with van der Waals surface area (Å²) in [6, 6.07) is 4.34. The number of aliphatic hydroxyl groups is 4. The number of benzene rings is 2. The number of fused-ring (bicyclic) bond motifs is 2. The Labute approximate surface area is 288 Å². The summed E-state index contributed by atoms with van der Waals surface area (Å²) in [5.74, 6) is -1.73. The molecule has 0 amide bonds. The molecule has 15 nitrogen and oxygen atoms in total. The largest absolute Gasteiger partial charge is 0.507 e. The van der Waals surface area contributed by atoms with Crippen molar-refractivity contribution >= 4 is 17.5 Å². The van der Waals surface area contributed by atoms with Crippen LogP contribution >= 0.6 is 0 Å². The predicted octanol–water partition coefficient (Wildman–Crippen LogP) is -0.180. The molecule has 268 valence electrons. The second kappa shape index (κ2) is 14.0. The summed E-state index contributed by atoms with van der Waals surface area (Å²) in [6.45, 7) is -0.706. The summed E-state index contributed by atoms with van der Waals surface area (Å²) in [4.78, 5) is 32.7. The van der Waals surface area contributed by atoms with E-state index < -0.39 is 54.6 Å². The monoisotopic (exact) mass is 693 g/mol. The van der Waals surface area contributed by atoms with Crippen molar-refractivity contribution in [1.29, 1.82) is 0 Å². The molecule has 2 heterocycles. The van der Waals surface area contributed by atoms with Gasteiger partial charge in [0.2, 0.25) is 12.1 Å². The minimum atomic E-state index is -1.79. The van der Waals surface area contributed by atoms with Crippen LogP contribution in [0.25, 0.3) is 0 Å². The molecule has 0 bridgehead atoms. The highest BCUT2D eigenvalue weighted by molar-refractivity contribution is 6.30. The number of aliphatic imine (C=N–C) groups is 1. The Balaban J connectivity index is 1.46. The van der Waals surface area contributed by atoms with Crippen molar-refractivity contribution in [3.05, 3.63) is 75.5 Å². The summed E-state index contributed by atoms with van der Waals surface area (Å²) in [7, 11) is 2.86. The highest BCUT2D eigenvalue weighted by atomic mass is 16.7. The third-order valence-corrected chi connectivity index (χ3v) is 10.1. The second-order valence-corrected chi connectivity index (χ2v) is 13.1.